The fraction of sp³-hybridized carbons (Fsp3) is 0.143. The molecule has 0 spiro atoms. The lowest BCUT2D eigenvalue weighted by atomic mass is 9.83. The predicted molar refractivity (Wildman–Crippen MR) is 148 cm³/mol. The van der Waals surface area contributed by atoms with Gasteiger partial charge in [-0.05, 0) is 71.5 Å². The molecule has 1 aromatic heterocycles. The lowest BCUT2D eigenvalue weighted by molar-refractivity contribution is 0.414. The molecule has 6 rings (SSSR count). The first-order chi connectivity index (χ1) is 17.0. The van der Waals surface area contributed by atoms with E-state index in [4.69, 9.17) is 9.73 Å². The van der Waals surface area contributed by atoms with Crippen molar-refractivity contribution < 1.29 is 4.74 Å². The summed E-state index contributed by atoms with van der Waals surface area (Å²) in [7, 11) is 1.64. The first kappa shape index (κ1) is 22.7. The molecule has 4 nitrogen and oxygen atoms in total. The standard InChI is InChI=1S/C28H20Br2N2O2S/c1-34-20-11-13-23(30)18(14-20)15-24-27(33)32-26(17-6-9-19(29)10-7-17)22-12-8-16-4-2-3-5-21(16)25(22)31-28(32)35-24/h2-7,9-11,13-15,26H,8,12H2,1H3. The molecule has 35 heavy (non-hydrogen) atoms. The van der Waals surface area contributed by atoms with Crippen molar-refractivity contribution in [1.29, 1.82) is 0 Å². The second-order valence-corrected chi connectivity index (χ2v) is 11.3. The van der Waals surface area contributed by atoms with Crippen LogP contribution in [0.2, 0.25) is 0 Å². The molecule has 1 aliphatic heterocycles. The van der Waals surface area contributed by atoms with Gasteiger partial charge in [0.05, 0.1) is 23.4 Å². The number of nitrogens with zero attached hydrogens (tertiary/aromatic N) is 2. The molecule has 0 saturated carbocycles. The van der Waals surface area contributed by atoms with Gasteiger partial charge in [-0.2, -0.15) is 0 Å². The molecule has 4 aromatic rings. The zero-order chi connectivity index (χ0) is 24.1. The molecule has 1 unspecified atom stereocenters. The fourth-order valence-corrected chi connectivity index (χ4v) is 6.49. The number of methoxy groups -OCH3 is 1. The highest BCUT2D eigenvalue weighted by molar-refractivity contribution is 9.10. The second kappa shape index (κ2) is 9.04. The van der Waals surface area contributed by atoms with Crippen molar-refractivity contribution in [2.45, 2.75) is 18.9 Å². The number of benzene rings is 3. The van der Waals surface area contributed by atoms with Gasteiger partial charge in [-0.25, -0.2) is 4.99 Å². The maximum Gasteiger partial charge on any atom is 0.271 e. The van der Waals surface area contributed by atoms with E-state index in [0.29, 0.717) is 4.53 Å². The van der Waals surface area contributed by atoms with E-state index in [-0.39, 0.29) is 11.6 Å². The highest BCUT2D eigenvalue weighted by Gasteiger charge is 2.32. The van der Waals surface area contributed by atoms with Crippen LogP contribution in [0.4, 0.5) is 0 Å². The van der Waals surface area contributed by atoms with Gasteiger partial charge in [0.1, 0.15) is 5.75 Å². The Labute approximate surface area is 223 Å². The minimum atomic E-state index is -0.182. The van der Waals surface area contributed by atoms with E-state index < -0.39 is 0 Å². The first-order valence-corrected chi connectivity index (χ1v) is 13.7. The third-order valence-electron chi connectivity index (χ3n) is 6.55. The van der Waals surface area contributed by atoms with E-state index in [1.807, 2.05) is 41.0 Å². The van der Waals surface area contributed by atoms with Gasteiger partial charge in [-0.15, -0.1) is 0 Å². The average molecular weight is 608 g/mol. The number of thiazole rings is 1. The van der Waals surface area contributed by atoms with Gasteiger partial charge in [0.2, 0.25) is 0 Å². The number of allylic oxidation sites excluding steroid dienone is 1. The van der Waals surface area contributed by atoms with Gasteiger partial charge in [-0.1, -0.05) is 79.6 Å². The highest BCUT2D eigenvalue weighted by Crippen LogP contribution is 2.41. The molecule has 0 saturated heterocycles. The zero-order valence-electron chi connectivity index (χ0n) is 18.8. The van der Waals surface area contributed by atoms with Crippen molar-refractivity contribution in [2.75, 3.05) is 7.11 Å². The SMILES string of the molecule is COc1ccc(Br)c(C=c2sc3n(c2=O)C(c2ccc(Br)cc2)C2=C(N=3)c3ccccc3CC2)c1. The summed E-state index contributed by atoms with van der Waals surface area (Å²) in [6, 6.07) is 22.3. The summed E-state index contributed by atoms with van der Waals surface area (Å²) in [5.41, 5.74) is 6.65. The molecule has 1 atom stereocenters. The topological polar surface area (TPSA) is 43.6 Å². The van der Waals surface area contributed by atoms with Crippen molar-refractivity contribution in [3.63, 3.8) is 0 Å². The molecule has 0 bridgehead atoms. The van der Waals surface area contributed by atoms with E-state index in [1.165, 1.54) is 28.0 Å². The number of aryl methyl sites for hydroxylation is 1. The maximum atomic E-state index is 13.9. The van der Waals surface area contributed by atoms with Crippen LogP contribution in [0.5, 0.6) is 5.75 Å². The third kappa shape index (κ3) is 3.96. The summed E-state index contributed by atoms with van der Waals surface area (Å²) in [6.45, 7) is 0. The number of rotatable bonds is 3. The number of fused-ring (bicyclic) bond motifs is 3. The summed E-state index contributed by atoms with van der Waals surface area (Å²) >= 11 is 8.59. The lowest BCUT2D eigenvalue weighted by Crippen LogP contribution is -2.38. The van der Waals surface area contributed by atoms with Crippen LogP contribution in [-0.4, -0.2) is 11.7 Å². The molecule has 7 heteroatoms. The minimum Gasteiger partial charge on any atom is -0.497 e. The maximum absolute atomic E-state index is 13.9. The van der Waals surface area contributed by atoms with Crippen LogP contribution < -0.4 is 19.6 Å². The van der Waals surface area contributed by atoms with Crippen LogP contribution in [0, 0.1) is 0 Å². The van der Waals surface area contributed by atoms with Crippen molar-refractivity contribution in [2.24, 2.45) is 4.99 Å². The molecule has 3 aromatic carbocycles. The Morgan fingerprint density at radius 2 is 1.86 bits per heavy atom. The lowest BCUT2D eigenvalue weighted by Gasteiger charge is -2.30. The van der Waals surface area contributed by atoms with E-state index in [0.717, 1.165) is 49.2 Å². The van der Waals surface area contributed by atoms with E-state index in [9.17, 15) is 4.79 Å². The molecular formula is C28H20Br2N2O2S. The Kier molecular flexibility index (Phi) is 5.87. The Balaban J connectivity index is 1.62. The van der Waals surface area contributed by atoms with Crippen LogP contribution in [0.25, 0.3) is 11.8 Å². The molecule has 2 aliphatic rings. The predicted octanol–water partition coefficient (Wildman–Crippen LogP) is 5.85. The largest absolute Gasteiger partial charge is 0.497 e. The summed E-state index contributed by atoms with van der Waals surface area (Å²) < 4.78 is 9.83. The molecule has 0 radical (unpaired) electrons. The molecule has 0 N–H and O–H groups in total. The Morgan fingerprint density at radius 1 is 1.06 bits per heavy atom. The van der Waals surface area contributed by atoms with Crippen molar-refractivity contribution in [3.8, 4) is 5.75 Å². The van der Waals surface area contributed by atoms with Crippen molar-refractivity contribution in [1.82, 2.24) is 4.57 Å². The summed E-state index contributed by atoms with van der Waals surface area (Å²) in [4.78, 5) is 19.7. The first-order valence-electron chi connectivity index (χ1n) is 11.3. The minimum absolute atomic E-state index is 0.0261. The van der Waals surface area contributed by atoms with E-state index >= 15 is 0 Å². The fourth-order valence-electron chi connectivity index (χ4n) is 4.87. The number of ether oxygens (including phenoxy) is 1. The summed E-state index contributed by atoms with van der Waals surface area (Å²) in [6.07, 6.45) is 3.74. The quantitative estimate of drug-likeness (QED) is 0.293. The Bertz CT molecular complexity index is 1680. The van der Waals surface area contributed by atoms with E-state index in [2.05, 4.69) is 68.3 Å². The summed E-state index contributed by atoms with van der Waals surface area (Å²) in [5, 5.41) is 0. The summed E-state index contributed by atoms with van der Waals surface area (Å²) in [5.74, 6) is 0.743. The smallest absolute Gasteiger partial charge is 0.271 e. The number of hydrogen-bond acceptors (Lipinski definition) is 4. The number of aromatic nitrogens is 1. The van der Waals surface area contributed by atoms with Crippen LogP contribution in [0.1, 0.15) is 34.7 Å². The molecule has 2 heterocycles. The van der Waals surface area contributed by atoms with Gasteiger partial charge in [0.15, 0.2) is 4.80 Å². The van der Waals surface area contributed by atoms with Gasteiger partial charge in [-0.3, -0.25) is 9.36 Å². The van der Waals surface area contributed by atoms with Crippen molar-refractivity contribution in [3.05, 3.63) is 123 Å². The van der Waals surface area contributed by atoms with Gasteiger partial charge < -0.3 is 4.74 Å². The molecule has 0 fully saturated rings. The molecule has 174 valence electrons. The Morgan fingerprint density at radius 3 is 2.66 bits per heavy atom. The monoisotopic (exact) mass is 606 g/mol. The second-order valence-electron chi connectivity index (χ2n) is 8.55. The Hall–Kier alpha value is -2.74. The molecule has 1 aliphatic carbocycles. The van der Waals surface area contributed by atoms with Crippen LogP contribution in [-0.2, 0) is 6.42 Å². The normalized spacial score (nSPS) is 16.9. The zero-order valence-corrected chi connectivity index (χ0v) is 22.8. The van der Waals surface area contributed by atoms with Gasteiger partial charge >= 0.3 is 0 Å². The van der Waals surface area contributed by atoms with Gasteiger partial charge in [0, 0.05) is 14.5 Å². The number of halogens is 2. The molecular weight excluding hydrogens is 588 g/mol. The van der Waals surface area contributed by atoms with E-state index in [1.54, 1.807) is 7.11 Å². The molecule has 0 amide bonds. The average Bonchev–Trinajstić information content (AvgIpc) is 3.19. The van der Waals surface area contributed by atoms with Crippen LogP contribution >= 0.6 is 43.2 Å². The van der Waals surface area contributed by atoms with Crippen LogP contribution in [0.3, 0.4) is 0 Å². The van der Waals surface area contributed by atoms with Crippen LogP contribution in [0.15, 0.2) is 91.0 Å². The highest BCUT2D eigenvalue weighted by atomic mass is 79.9. The van der Waals surface area contributed by atoms with Gasteiger partial charge in [0.25, 0.3) is 5.56 Å². The number of hydrogen-bond donors (Lipinski definition) is 0. The van der Waals surface area contributed by atoms with Crippen molar-refractivity contribution >= 4 is 55.0 Å². The third-order valence-corrected chi connectivity index (χ3v) is 8.78.